The van der Waals surface area contributed by atoms with E-state index in [0.717, 1.165) is 4.31 Å². The fourth-order valence-electron chi connectivity index (χ4n) is 3.18. The quantitative estimate of drug-likeness (QED) is 0.350. The molecule has 0 aliphatic carbocycles. The molecule has 3 aromatic carbocycles. The van der Waals surface area contributed by atoms with Crippen molar-refractivity contribution in [3.63, 3.8) is 0 Å². The molecule has 0 unspecified atom stereocenters. The first-order valence-electron chi connectivity index (χ1n) is 10.2. The van der Waals surface area contributed by atoms with E-state index in [4.69, 9.17) is 14.0 Å². The third-order valence-electron chi connectivity index (χ3n) is 4.99. The van der Waals surface area contributed by atoms with Gasteiger partial charge in [0.2, 0.25) is 5.82 Å². The molecule has 0 spiro atoms. The molecule has 9 nitrogen and oxygen atoms in total. The number of rotatable bonds is 8. The molecule has 10 heteroatoms. The summed E-state index contributed by atoms with van der Waals surface area (Å²) in [5, 5.41) is 3.89. The Morgan fingerprint density at radius 3 is 2.50 bits per heavy atom. The van der Waals surface area contributed by atoms with Crippen LogP contribution in [0.1, 0.15) is 16.2 Å². The molecule has 0 radical (unpaired) electrons. The molecule has 0 atom stereocenters. The highest BCUT2D eigenvalue weighted by atomic mass is 32.2. The summed E-state index contributed by atoms with van der Waals surface area (Å²) in [5.74, 6) is 0.167. The van der Waals surface area contributed by atoms with Crippen molar-refractivity contribution in [3.05, 3.63) is 90.3 Å². The summed E-state index contributed by atoms with van der Waals surface area (Å²) in [6.45, 7) is -0.321. The third kappa shape index (κ3) is 4.76. The number of sulfonamides is 1. The van der Waals surface area contributed by atoms with E-state index in [1.165, 1.54) is 19.2 Å². The van der Waals surface area contributed by atoms with Crippen LogP contribution in [-0.4, -0.2) is 38.7 Å². The highest BCUT2D eigenvalue weighted by Gasteiger charge is 2.27. The first kappa shape index (κ1) is 23.0. The molecular weight excluding hydrogens is 458 g/mol. The van der Waals surface area contributed by atoms with Crippen molar-refractivity contribution in [2.45, 2.75) is 11.5 Å². The van der Waals surface area contributed by atoms with Gasteiger partial charge in [0.25, 0.3) is 15.9 Å². The van der Waals surface area contributed by atoms with Crippen molar-refractivity contribution in [1.82, 2.24) is 10.1 Å². The number of aromatic nitrogens is 2. The zero-order chi connectivity index (χ0) is 24.1. The Morgan fingerprint density at radius 2 is 1.74 bits per heavy atom. The number of para-hydroxylation sites is 1. The van der Waals surface area contributed by atoms with Crippen LogP contribution < -0.4 is 9.04 Å². The zero-order valence-corrected chi connectivity index (χ0v) is 19.2. The summed E-state index contributed by atoms with van der Waals surface area (Å²) in [6.07, 6.45) is 0. The highest BCUT2D eigenvalue weighted by Crippen LogP contribution is 2.25. The van der Waals surface area contributed by atoms with Crippen LogP contribution in [0, 0.1) is 0 Å². The Morgan fingerprint density at radius 1 is 1.00 bits per heavy atom. The Hall–Kier alpha value is -4.18. The van der Waals surface area contributed by atoms with Crippen LogP contribution in [-0.2, 0) is 21.4 Å². The van der Waals surface area contributed by atoms with Gasteiger partial charge in [-0.1, -0.05) is 47.6 Å². The first-order valence-corrected chi connectivity index (χ1v) is 11.6. The van der Waals surface area contributed by atoms with E-state index in [0.29, 0.717) is 22.8 Å². The minimum absolute atomic E-state index is 0.0629. The average molecular weight is 480 g/mol. The van der Waals surface area contributed by atoms with Crippen LogP contribution in [0.3, 0.4) is 0 Å². The maximum atomic E-state index is 13.2. The summed E-state index contributed by atoms with van der Waals surface area (Å²) >= 11 is 0. The van der Waals surface area contributed by atoms with E-state index >= 15 is 0 Å². The van der Waals surface area contributed by atoms with Gasteiger partial charge in [0.15, 0.2) is 6.61 Å². The molecule has 0 fully saturated rings. The zero-order valence-electron chi connectivity index (χ0n) is 18.4. The lowest BCUT2D eigenvalue weighted by Crippen LogP contribution is -2.28. The van der Waals surface area contributed by atoms with Gasteiger partial charge < -0.3 is 14.0 Å². The lowest BCUT2D eigenvalue weighted by molar-refractivity contribution is 0.0425. The van der Waals surface area contributed by atoms with Crippen molar-refractivity contribution >= 4 is 21.7 Å². The summed E-state index contributed by atoms with van der Waals surface area (Å²) in [6, 6.07) is 21.5. The minimum Gasteiger partial charge on any atom is -0.497 e. The number of methoxy groups -OCH3 is 1. The fraction of sp³-hybridized carbons (Fsp3) is 0.125. The van der Waals surface area contributed by atoms with Gasteiger partial charge in [-0.05, 0) is 36.4 Å². The number of hydrogen-bond donors (Lipinski definition) is 0. The van der Waals surface area contributed by atoms with Crippen LogP contribution in [0.4, 0.5) is 5.69 Å². The van der Waals surface area contributed by atoms with Gasteiger partial charge in [0, 0.05) is 12.6 Å². The number of hydrogen-bond acceptors (Lipinski definition) is 8. The van der Waals surface area contributed by atoms with Crippen molar-refractivity contribution in [3.8, 4) is 17.1 Å². The van der Waals surface area contributed by atoms with Crippen LogP contribution in [0.25, 0.3) is 11.4 Å². The Balaban J connectivity index is 1.51. The van der Waals surface area contributed by atoms with Crippen molar-refractivity contribution in [2.75, 3.05) is 18.5 Å². The number of esters is 1. The third-order valence-corrected chi connectivity index (χ3v) is 6.83. The molecule has 1 aromatic heterocycles. The molecule has 174 valence electrons. The Bertz CT molecular complexity index is 1400. The summed E-state index contributed by atoms with van der Waals surface area (Å²) in [7, 11) is -1.05. The van der Waals surface area contributed by atoms with Crippen molar-refractivity contribution in [1.29, 1.82) is 0 Å². The molecule has 34 heavy (non-hydrogen) atoms. The molecule has 1 heterocycles. The van der Waals surface area contributed by atoms with Gasteiger partial charge in [-0.15, -0.1) is 0 Å². The largest absolute Gasteiger partial charge is 0.497 e. The number of carbonyl (C=O) groups is 1. The van der Waals surface area contributed by atoms with E-state index in [-0.39, 0.29) is 23.0 Å². The summed E-state index contributed by atoms with van der Waals surface area (Å²) < 4.78 is 43.2. The van der Waals surface area contributed by atoms with Gasteiger partial charge in [0.05, 0.1) is 18.4 Å². The van der Waals surface area contributed by atoms with Gasteiger partial charge in [-0.25, -0.2) is 13.2 Å². The summed E-state index contributed by atoms with van der Waals surface area (Å²) in [5.41, 5.74) is 1.03. The number of carbonyl (C=O) groups excluding carboxylic acids is 1. The number of nitrogens with zero attached hydrogens (tertiary/aromatic N) is 3. The molecule has 0 amide bonds. The van der Waals surface area contributed by atoms with Gasteiger partial charge in [-0.2, -0.15) is 4.98 Å². The number of ether oxygens (including phenoxy) is 2. The normalized spacial score (nSPS) is 11.1. The maximum Gasteiger partial charge on any atom is 0.340 e. The van der Waals surface area contributed by atoms with E-state index in [1.54, 1.807) is 73.8 Å². The molecular formula is C24H21N3O6S. The maximum absolute atomic E-state index is 13.2. The molecule has 0 aliphatic rings. The van der Waals surface area contributed by atoms with Crippen molar-refractivity contribution < 1.29 is 27.2 Å². The van der Waals surface area contributed by atoms with E-state index in [9.17, 15) is 13.2 Å². The molecule has 4 rings (SSSR count). The smallest absolute Gasteiger partial charge is 0.340 e. The second-order valence-electron chi connectivity index (χ2n) is 7.12. The Kier molecular flexibility index (Phi) is 6.60. The monoisotopic (exact) mass is 479 g/mol. The van der Waals surface area contributed by atoms with E-state index in [1.807, 2.05) is 0 Å². The molecule has 0 bridgehead atoms. The predicted octanol–water partition coefficient (Wildman–Crippen LogP) is 3.93. The molecule has 0 saturated heterocycles. The fourth-order valence-corrected chi connectivity index (χ4v) is 4.56. The minimum atomic E-state index is -4.02. The molecule has 4 aromatic rings. The lowest BCUT2D eigenvalue weighted by Gasteiger charge is -2.20. The molecule has 0 aliphatic heterocycles. The summed E-state index contributed by atoms with van der Waals surface area (Å²) in [4.78, 5) is 16.8. The van der Waals surface area contributed by atoms with Gasteiger partial charge >= 0.3 is 5.97 Å². The first-order chi connectivity index (χ1) is 16.4. The van der Waals surface area contributed by atoms with Crippen LogP contribution in [0.2, 0.25) is 0 Å². The second kappa shape index (κ2) is 9.75. The number of benzene rings is 3. The van der Waals surface area contributed by atoms with Crippen LogP contribution in [0.5, 0.6) is 5.75 Å². The average Bonchev–Trinajstić information content (AvgIpc) is 3.36. The Labute approximate surface area is 196 Å². The standard InChI is InChI=1S/C24H21N3O6S/c1-27(18-10-4-3-5-11-18)34(29,30)21-14-7-6-13-20(21)24(28)32-16-22-25-23(26-33-22)17-9-8-12-19(15-17)31-2/h3-15H,16H2,1-2H3. The SMILES string of the molecule is COc1cccc(-c2noc(COC(=O)c3ccccc3S(=O)(=O)N(C)c3ccccc3)n2)c1. The van der Waals surface area contributed by atoms with Crippen LogP contribution in [0.15, 0.2) is 88.3 Å². The predicted molar refractivity (Wildman–Crippen MR) is 124 cm³/mol. The topological polar surface area (TPSA) is 112 Å². The lowest BCUT2D eigenvalue weighted by atomic mass is 10.2. The van der Waals surface area contributed by atoms with E-state index < -0.39 is 16.0 Å². The van der Waals surface area contributed by atoms with E-state index in [2.05, 4.69) is 10.1 Å². The number of anilines is 1. The second-order valence-corrected chi connectivity index (χ2v) is 9.06. The van der Waals surface area contributed by atoms with Gasteiger partial charge in [0.1, 0.15) is 10.6 Å². The van der Waals surface area contributed by atoms with Crippen LogP contribution >= 0.6 is 0 Å². The highest BCUT2D eigenvalue weighted by molar-refractivity contribution is 7.92. The molecule has 0 saturated carbocycles. The van der Waals surface area contributed by atoms with Crippen molar-refractivity contribution in [2.24, 2.45) is 0 Å². The molecule has 0 N–H and O–H groups in total. The van der Waals surface area contributed by atoms with Gasteiger partial charge in [-0.3, -0.25) is 4.31 Å².